The maximum atomic E-state index is 10.3. The Morgan fingerprint density at radius 2 is 2.29 bits per heavy atom. The Hall–Kier alpha value is -2.24. The molecule has 0 aliphatic carbocycles. The quantitative estimate of drug-likeness (QED) is 0.526. The average Bonchev–Trinajstić information content (AvgIpc) is 2.71. The van der Waals surface area contributed by atoms with E-state index in [0.717, 1.165) is 0 Å². The first kappa shape index (κ1) is 8.36. The van der Waals surface area contributed by atoms with E-state index in [1.807, 2.05) is 0 Å². The standard InChI is InChI=1S/C8H6N4O2/c13-12(14)8-3-2-7(6-9-8)11-5-1-4-10-11/h1-6H. The van der Waals surface area contributed by atoms with Crippen LogP contribution in [0.1, 0.15) is 0 Å². The van der Waals surface area contributed by atoms with Crippen molar-refractivity contribution in [3.63, 3.8) is 0 Å². The Balaban J connectivity index is 2.36. The third kappa shape index (κ3) is 1.45. The minimum Gasteiger partial charge on any atom is -0.358 e. The molecule has 0 atom stereocenters. The van der Waals surface area contributed by atoms with E-state index in [1.165, 1.54) is 12.3 Å². The molecule has 2 aromatic rings. The fourth-order valence-corrected chi connectivity index (χ4v) is 1.04. The summed E-state index contributed by atoms with van der Waals surface area (Å²) in [4.78, 5) is 13.5. The lowest BCUT2D eigenvalue weighted by molar-refractivity contribution is -0.389. The van der Waals surface area contributed by atoms with E-state index in [1.54, 1.807) is 29.2 Å². The highest BCUT2D eigenvalue weighted by Crippen LogP contribution is 2.09. The number of hydrogen-bond donors (Lipinski definition) is 0. The maximum Gasteiger partial charge on any atom is 0.363 e. The first-order valence-electron chi connectivity index (χ1n) is 3.88. The van der Waals surface area contributed by atoms with Crippen LogP contribution in [0.5, 0.6) is 0 Å². The van der Waals surface area contributed by atoms with Gasteiger partial charge in [-0.15, -0.1) is 0 Å². The molecule has 0 amide bonds. The van der Waals surface area contributed by atoms with Crippen molar-refractivity contribution in [1.29, 1.82) is 0 Å². The second kappa shape index (κ2) is 3.25. The fraction of sp³-hybridized carbons (Fsp3) is 0. The van der Waals surface area contributed by atoms with Crippen LogP contribution in [0, 0.1) is 10.1 Å². The van der Waals surface area contributed by atoms with Crippen molar-refractivity contribution in [2.24, 2.45) is 0 Å². The van der Waals surface area contributed by atoms with Gasteiger partial charge in [0.15, 0.2) is 6.20 Å². The SMILES string of the molecule is O=[N+]([O-])c1ccc(-n2cccn2)cn1. The van der Waals surface area contributed by atoms with Crippen LogP contribution < -0.4 is 0 Å². The number of nitrogens with zero attached hydrogens (tertiary/aromatic N) is 4. The molecule has 0 N–H and O–H groups in total. The maximum absolute atomic E-state index is 10.3. The second-order valence-electron chi connectivity index (χ2n) is 2.58. The molecular formula is C8H6N4O2. The van der Waals surface area contributed by atoms with E-state index < -0.39 is 4.92 Å². The smallest absolute Gasteiger partial charge is 0.358 e. The molecule has 70 valence electrons. The highest BCUT2D eigenvalue weighted by molar-refractivity contribution is 5.32. The third-order valence-electron chi connectivity index (χ3n) is 1.69. The summed E-state index contributed by atoms with van der Waals surface area (Å²) in [5.74, 6) is -0.166. The Morgan fingerprint density at radius 1 is 1.43 bits per heavy atom. The van der Waals surface area contributed by atoms with Crippen molar-refractivity contribution in [2.45, 2.75) is 0 Å². The van der Waals surface area contributed by atoms with Crippen LogP contribution in [0.2, 0.25) is 0 Å². The van der Waals surface area contributed by atoms with Gasteiger partial charge in [-0.25, -0.2) is 4.68 Å². The van der Waals surface area contributed by atoms with Crippen molar-refractivity contribution in [2.75, 3.05) is 0 Å². The van der Waals surface area contributed by atoms with Gasteiger partial charge in [0.1, 0.15) is 5.69 Å². The summed E-state index contributed by atoms with van der Waals surface area (Å²) in [7, 11) is 0. The van der Waals surface area contributed by atoms with Gasteiger partial charge in [-0.2, -0.15) is 5.10 Å². The normalized spacial score (nSPS) is 10.0. The molecule has 0 aliphatic rings. The third-order valence-corrected chi connectivity index (χ3v) is 1.69. The minimum absolute atomic E-state index is 0.166. The topological polar surface area (TPSA) is 73.8 Å². The molecule has 0 saturated carbocycles. The molecule has 6 heteroatoms. The molecule has 0 spiro atoms. The molecule has 0 unspecified atom stereocenters. The van der Waals surface area contributed by atoms with Gasteiger partial charge in [-0.05, 0) is 22.0 Å². The summed E-state index contributed by atoms with van der Waals surface area (Å²) >= 11 is 0. The zero-order valence-electron chi connectivity index (χ0n) is 7.07. The first-order valence-corrected chi connectivity index (χ1v) is 3.88. The molecule has 2 heterocycles. The molecule has 0 aliphatic heterocycles. The lowest BCUT2D eigenvalue weighted by Crippen LogP contribution is -1.97. The predicted molar refractivity (Wildman–Crippen MR) is 48.0 cm³/mol. The fourth-order valence-electron chi connectivity index (χ4n) is 1.04. The van der Waals surface area contributed by atoms with E-state index in [9.17, 15) is 10.1 Å². The van der Waals surface area contributed by atoms with Crippen LogP contribution in [-0.4, -0.2) is 19.7 Å². The molecule has 0 saturated heterocycles. The number of pyridine rings is 1. The molecule has 0 aromatic carbocycles. The Morgan fingerprint density at radius 3 is 2.79 bits per heavy atom. The molecule has 2 aromatic heterocycles. The molecule has 0 bridgehead atoms. The first-order chi connectivity index (χ1) is 6.77. The Labute approximate surface area is 79.0 Å². The summed E-state index contributed by atoms with van der Waals surface area (Å²) in [6, 6.07) is 4.70. The summed E-state index contributed by atoms with van der Waals surface area (Å²) in [5, 5.41) is 14.3. The number of rotatable bonds is 2. The summed E-state index contributed by atoms with van der Waals surface area (Å²) < 4.78 is 1.58. The largest absolute Gasteiger partial charge is 0.363 e. The van der Waals surface area contributed by atoms with Crippen molar-refractivity contribution < 1.29 is 4.92 Å². The Kier molecular flexibility index (Phi) is 1.94. The monoisotopic (exact) mass is 190 g/mol. The van der Waals surface area contributed by atoms with Crippen molar-refractivity contribution in [3.05, 3.63) is 46.9 Å². The number of aromatic nitrogens is 3. The van der Waals surface area contributed by atoms with Crippen LogP contribution in [0.3, 0.4) is 0 Å². The van der Waals surface area contributed by atoms with Crippen LogP contribution in [0.15, 0.2) is 36.8 Å². The zero-order valence-corrected chi connectivity index (χ0v) is 7.07. The van der Waals surface area contributed by atoms with E-state index >= 15 is 0 Å². The molecule has 2 rings (SSSR count). The van der Waals surface area contributed by atoms with Crippen molar-refractivity contribution >= 4 is 5.82 Å². The van der Waals surface area contributed by atoms with Gasteiger partial charge < -0.3 is 10.1 Å². The van der Waals surface area contributed by atoms with E-state index in [4.69, 9.17) is 0 Å². The van der Waals surface area contributed by atoms with Crippen molar-refractivity contribution in [3.8, 4) is 5.69 Å². The molecule has 14 heavy (non-hydrogen) atoms. The minimum atomic E-state index is -0.535. The molecular weight excluding hydrogens is 184 g/mol. The number of hydrogen-bond acceptors (Lipinski definition) is 4. The summed E-state index contributed by atoms with van der Waals surface area (Å²) in [6.07, 6.45) is 4.77. The van der Waals surface area contributed by atoms with Crippen LogP contribution in [-0.2, 0) is 0 Å². The van der Waals surface area contributed by atoms with E-state index in [-0.39, 0.29) is 5.82 Å². The molecule has 0 fully saturated rings. The predicted octanol–water partition coefficient (Wildman–Crippen LogP) is 1.18. The second-order valence-corrected chi connectivity index (χ2v) is 2.58. The summed E-state index contributed by atoms with van der Waals surface area (Å²) in [6.45, 7) is 0. The van der Waals surface area contributed by atoms with Gasteiger partial charge in [-0.3, -0.25) is 0 Å². The van der Waals surface area contributed by atoms with Gasteiger partial charge in [0.25, 0.3) is 0 Å². The van der Waals surface area contributed by atoms with Gasteiger partial charge in [0.2, 0.25) is 0 Å². The molecule has 0 radical (unpaired) electrons. The van der Waals surface area contributed by atoms with Gasteiger partial charge in [-0.1, -0.05) is 0 Å². The highest BCUT2D eigenvalue weighted by Gasteiger charge is 2.06. The van der Waals surface area contributed by atoms with Gasteiger partial charge in [0.05, 0.1) is 0 Å². The van der Waals surface area contributed by atoms with E-state index in [0.29, 0.717) is 5.69 Å². The average molecular weight is 190 g/mol. The Bertz CT molecular complexity index is 435. The highest BCUT2D eigenvalue weighted by atomic mass is 16.6. The van der Waals surface area contributed by atoms with Crippen LogP contribution >= 0.6 is 0 Å². The lowest BCUT2D eigenvalue weighted by Gasteiger charge is -1.97. The molecule has 6 nitrogen and oxygen atoms in total. The zero-order chi connectivity index (χ0) is 9.97. The van der Waals surface area contributed by atoms with Crippen LogP contribution in [0.4, 0.5) is 5.82 Å². The lowest BCUT2D eigenvalue weighted by atomic mass is 10.4. The summed E-state index contributed by atoms with van der Waals surface area (Å²) in [5.41, 5.74) is 0.695. The van der Waals surface area contributed by atoms with Crippen LogP contribution in [0.25, 0.3) is 5.69 Å². The van der Waals surface area contributed by atoms with E-state index in [2.05, 4.69) is 10.1 Å². The van der Waals surface area contributed by atoms with Gasteiger partial charge >= 0.3 is 5.82 Å². The number of nitro groups is 1. The van der Waals surface area contributed by atoms with Crippen molar-refractivity contribution in [1.82, 2.24) is 14.8 Å². The van der Waals surface area contributed by atoms with Gasteiger partial charge in [0, 0.05) is 18.5 Å².